The van der Waals surface area contributed by atoms with Crippen LogP contribution in [0, 0.1) is 10.9 Å². The molecular formula is C16H19ClN8. The van der Waals surface area contributed by atoms with Gasteiger partial charge in [0.1, 0.15) is 0 Å². The average Bonchev–Trinajstić information content (AvgIpc) is 2.61. The summed E-state index contributed by atoms with van der Waals surface area (Å²) in [5, 5.41) is 14.0. The molecule has 0 amide bonds. The first-order valence-electron chi connectivity index (χ1n) is 7.49. The van der Waals surface area contributed by atoms with Crippen molar-refractivity contribution in [2.45, 2.75) is 13.3 Å². The Bertz CT molecular complexity index is 785. The molecule has 2 aromatic carbocycles. The molecule has 9 heteroatoms. The molecule has 7 N–H and O–H groups in total. The third-order valence-electron chi connectivity index (χ3n) is 3.43. The SMILES string of the molecule is CCc1ccc(-c2ccc(NC(=N)/N=C(\NN)NN=N)cc2Cl)cc1. The topological polar surface area (TPSA) is 135 Å². The number of hydrogen-bond donors (Lipinski definition) is 6. The molecule has 0 unspecified atom stereocenters. The van der Waals surface area contributed by atoms with Gasteiger partial charge in [-0.2, -0.15) is 10.5 Å². The Hall–Kier alpha value is -2.97. The summed E-state index contributed by atoms with van der Waals surface area (Å²) < 4.78 is 0. The van der Waals surface area contributed by atoms with Crippen LogP contribution in [0.5, 0.6) is 0 Å². The lowest BCUT2D eigenvalue weighted by Crippen LogP contribution is -2.39. The molecule has 0 spiro atoms. The third-order valence-corrected chi connectivity index (χ3v) is 3.74. The number of hydrogen-bond acceptors (Lipinski definition) is 4. The molecular weight excluding hydrogens is 340 g/mol. The Morgan fingerprint density at radius 3 is 2.48 bits per heavy atom. The highest BCUT2D eigenvalue weighted by Gasteiger charge is 2.06. The monoisotopic (exact) mass is 358 g/mol. The maximum atomic E-state index is 7.79. The summed E-state index contributed by atoms with van der Waals surface area (Å²) in [7, 11) is 0. The van der Waals surface area contributed by atoms with Gasteiger partial charge in [0, 0.05) is 11.3 Å². The van der Waals surface area contributed by atoms with Crippen molar-refractivity contribution in [1.82, 2.24) is 10.9 Å². The molecule has 8 nitrogen and oxygen atoms in total. The first-order chi connectivity index (χ1) is 12.1. The highest BCUT2D eigenvalue weighted by molar-refractivity contribution is 6.33. The van der Waals surface area contributed by atoms with Crippen molar-refractivity contribution in [3.63, 3.8) is 0 Å². The maximum absolute atomic E-state index is 7.79. The van der Waals surface area contributed by atoms with Gasteiger partial charge in [0.25, 0.3) is 0 Å². The summed E-state index contributed by atoms with van der Waals surface area (Å²) >= 11 is 6.37. The normalized spacial score (nSPS) is 10.9. The molecule has 0 aromatic heterocycles. The summed E-state index contributed by atoms with van der Waals surface area (Å²) in [6, 6.07) is 13.6. The highest BCUT2D eigenvalue weighted by atomic mass is 35.5. The Morgan fingerprint density at radius 2 is 1.92 bits per heavy atom. The second kappa shape index (κ2) is 8.76. The van der Waals surface area contributed by atoms with E-state index in [-0.39, 0.29) is 11.9 Å². The summed E-state index contributed by atoms with van der Waals surface area (Å²) in [6.07, 6.45) is 0.988. The number of guanidine groups is 2. The van der Waals surface area contributed by atoms with Crippen molar-refractivity contribution in [2.24, 2.45) is 16.1 Å². The van der Waals surface area contributed by atoms with Crippen LogP contribution in [0.1, 0.15) is 12.5 Å². The van der Waals surface area contributed by atoms with Gasteiger partial charge in [-0.15, -0.1) is 0 Å². The molecule has 2 rings (SSSR count). The van der Waals surface area contributed by atoms with Crippen molar-refractivity contribution in [3.05, 3.63) is 53.1 Å². The van der Waals surface area contributed by atoms with E-state index in [1.54, 1.807) is 12.1 Å². The van der Waals surface area contributed by atoms with Gasteiger partial charge < -0.3 is 5.32 Å². The van der Waals surface area contributed by atoms with Gasteiger partial charge >= 0.3 is 0 Å². The number of halogens is 1. The summed E-state index contributed by atoms with van der Waals surface area (Å²) in [4.78, 5) is 3.79. The lowest BCUT2D eigenvalue weighted by atomic mass is 10.0. The minimum absolute atomic E-state index is 0.0359. The Morgan fingerprint density at radius 1 is 1.20 bits per heavy atom. The van der Waals surface area contributed by atoms with Crippen molar-refractivity contribution in [3.8, 4) is 11.1 Å². The average molecular weight is 359 g/mol. The summed E-state index contributed by atoms with van der Waals surface area (Å²) in [5.74, 6) is 4.97. The molecule has 0 aliphatic rings. The molecule has 0 aliphatic heterocycles. The van der Waals surface area contributed by atoms with Crippen molar-refractivity contribution in [2.75, 3.05) is 5.32 Å². The number of nitrogens with one attached hydrogen (secondary N) is 5. The number of benzene rings is 2. The Labute approximate surface area is 150 Å². The molecule has 0 radical (unpaired) electrons. The van der Waals surface area contributed by atoms with Crippen molar-refractivity contribution >= 4 is 29.2 Å². The molecule has 130 valence electrons. The van der Waals surface area contributed by atoms with E-state index in [1.165, 1.54) is 5.56 Å². The van der Waals surface area contributed by atoms with Crippen LogP contribution in [0.4, 0.5) is 5.69 Å². The number of nitrogens with two attached hydrogens (primary N) is 1. The van der Waals surface area contributed by atoms with Crippen LogP contribution in [-0.2, 0) is 6.42 Å². The number of nitrogens with zero attached hydrogens (tertiary/aromatic N) is 2. The van der Waals surface area contributed by atoms with Crippen LogP contribution in [-0.4, -0.2) is 11.9 Å². The molecule has 2 aromatic rings. The number of rotatable bonds is 4. The van der Waals surface area contributed by atoms with Crippen LogP contribution in [0.2, 0.25) is 5.02 Å². The molecule has 25 heavy (non-hydrogen) atoms. The fourth-order valence-electron chi connectivity index (χ4n) is 2.17. The van der Waals surface area contributed by atoms with E-state index in [2.05, 4.69) is 45.4 Å². The van der Waals surface area contributed by atoms with E-state index >= 15 is 0 Å². The maximum Gasteiger partial charge on any atom is 0.235 e. The van der Waals surface area contributed by atoms with Crippen LogP contribution in [0.15, 0.2) is 52.7 Å². The predicted molar refractivity (Wildman–Crippen MR) is 101 cm³/mol. The van der Waals surface area contributed by atoms with E-state index in [0.29, 0.717) is 10.7 Å². The van der Waals surface area contributed by atoms with Crippen LogP contribution < -0.4 is 22.0 Å². The Balaban J connectivity index is 2.15. The molecule has 0 heterocycles. The van der Waals surface area contributed by atoms with Crippen LogP contribution in [0.3, 0.4) is 0 Å². The van der Waals surface area contributed by atoms with E-state index in [1.807, 2.05) is 18.2 Å². The quantitative estimate of drug-likeness (QED) is 0.164. The van der Waals surface area contributed by atoms with E-state index in [0.717, 1.165) is 17.5 Å². The van der Waals surface area contributed by atoms with Gasteiger partial charge in [-0.3, -0.25) is 10.8 Å². The smallest absolute Gasteiger partial charge is 0.235 e. The van der Waals surface area contributed by atoms with E-state index < -0.39 is 0 Å². The van der Waals surface area contributed by atoms with Crippen molar-refractivity contribution < 1.29 is 0 Å². The highest BCUT2D eigenvalue weighted by Crippen LogP contribution is 2.30. The van der Waals surface area contributed by atoms with Gasteiger partial charge in [-0.05, 0) is 29.7 Å². The first kappa shape index (κ1) is 18.4. The second-order valence-electron chi connectivity index (χ2n) is 5.05. The number of anilines is 1. The molecule has 0 fully saturated rings. The summed E-state index contributed by atoms with van der Waals surface area (Å²) in [5.41, 5.74) is 14.9. The Kier molecular flexibility index (Phi) is 6.44. The zero-order chi connectivity index (χ0) is 18.2. The van der Waals surface area contributed by atoms with Gasteiger partial charge in [-0.1, -0.05) is 54.1 Å². The van der Waals surface area contributed by atoms with Gasteiger partial charge in [0.2, 0.25) is 11.9 Å². The lowest BCUT2D eigenvalue weighted by Gasteiger charge is -2.10. The van der Waals surface area contributed by atoms with E-state index in [9.17, 15) is 0 Å². The van der Waals surface area contributed by atoms with E-state index in [4.69, 9.17) is 28.4 Å². The molecule has 0 aliphatic carbocycles. The second-order valence-corrected chi connectivity index (χ2v) is 5.45. The summed E-state index contributed by atoms with van der Waals surface area (Å²) in [6.45, 7) is 2.11. The zero-order valence-electron chi connectivity index (χ0n) is 13.6. The minimum Gasteiger partial charge on any atom is -0.325 e. The van der Waals surface area contributed by atoms with Crippen molar-refractivity contribution in [1.29, 1.82) is 10.9 Å². The molecule has 0 atom stereocenters. The van der Waals surface area contributed by atoms with Gasteiger partial charge in [0.05, 0.1) is 5.02 Å². The fraction of sp³-hybridized carbons (Fsp3) is 0.125. The third kappa shape index (κ3) is 5.00. The number of aryl methyl sites for hydroxylation is 1. The van der Waals surface area contributed by atoms with Crippen LogP contribution in [0.25, 0.3) is 11.1 Å². The zero-order valence-corrected chi connectivity index (χ0v) is 14.4. The number of hydrazine groups is 1. The minimum atomic E-state index is -0.194. The predicted octanol–water partition coefficient (Wildman–Crippen LogP) is 3.27. The van der Waals surface area contributed by atoms with Gasteiger partial charge in [0.15, 0.2) is 0 Å². The molecule has 0 bridgehead atoms. The van der Waals surface area contributed by atoms with Crippen LogP contribution >= 0.6 is 11.6 Å². The van der Waals surface area contributed by atoms with Gasteiger partial charge in [-0.25, -0.2) is 11.3 Å². The fourth-order valence-corrected chi connectivity index (χ4v) is 2.46. The molecule has 0 saturated carbocycles. The standard InChI is InChI=1S/C16H19ClN8/c1-2-10-3-5-11(6-4-10)13-8-7-12(9-14(13)17)21-15(18)22-16(23-19)24-25-20/h3-9H,2,19H2,1H3,(H5,18,20,21,22,23,24). The molecule has 0 saturated heterocycles. The largest absolute Gasteiger partial charge is 0.325 e. The number of aliphatic imine (C=N–C) groups is 1. The lowest BCUT2D eigenvalue weighted by molar-refractivity contribution is 0.816. The first-order valence-corrected chi connectivity index (χ1v) is 7.87.